The number of alkyl halides is 1. The molecule has 1 rings (SSSR count). The molecule has 1 N–H and O–H groups in total. The topological polar surface area (TPSA) is 51.2 Å². The zero-order valence-electron chi connectivity index (χ0n) is 8.58. The third-order valence-corrected chi connectivity index (χ3v) is 2.34. The van der Waals surface area contributed by atoms with Crippen LogP contribution in [-0.2, 0) is 4.74 Å². The lowest BCUT2D eigenvalue weighted by Gasteiger charge is -2.04. The van der Waals surface area contributed by atoms with Crippen LogP contribution < -0.4 is 5.32 Å². The third kappa shape index (κ3) is 4.92. The van der Waals surface area contributed by atoms with Crippen molar-refractivity contribution in [2.45, 2.75) is 0 Å². The number of rotatable bonds is 6. The van der Waals surface area contributed by atoms with Gasteiger partial charge >= 0.3 is 0 Å². The van der Waals surface area contributed by atoms with Crippen molar-refractivity contribution in [3.05, 3.63) is 28.5 Å². The minimum atomic E-state index is -0.207. The summed E-state index contributed by atoms with van der Waals surface area (Å²) in [6.07, 6.45) is 1.58. The van der Waals surface area contributed by atoms with Crippen molar-refractivity contribution < 1.29 is 9.53 Å². The maximum Gasteiger partial charge on any atom is 0.269 e. The number of pyridine rings is 1. The largest absolute Gasteiger partial charge is 0.378 e. The molecule has 0 saturated carbocycles. The Morgan fingerprint density at radius 1 is 1.50 bits per heavy atom. The van der Waals surface area contributed by atoms with Gasteiger partial charge in [-0.25, -0.2) is 4.98 Å². The molecule has 0 radical (unpaired) electrons. The fourth-order valence-electron chi connectivity index (χ4n) is 0.994. The molecule has 6 heteroatoms. The molecule has 88 valence electrons. The number of carbonyl (C=O) groups is 1. The second kappa shape index (κ2) is 7.60. The van der Waals surface area contributed by atoms with Gasteiger partial charge in [-0.1, -0.05) is 0 Å². The van der Waals surface area contributed by atoms with Crippen molar-refractivity contribution in [2.75, 3.05) is 25.6 Å². The van der Waals surface area contributed by atoms with E-state index in [4.69, 9.17) is 16.3 Å². The molecule has 1 amide bonds. The molecule has 0 aliphatic rings. The van der Waals surface area contributed by atoms with Gasteiger partial charge < -0.3 is 10.1 Å². The number of hydrogen-bond donors (Lipinski definition) is 1. The van der Waals surface area contributed by atoms with Crippen molar-refractivity contribution in [1.29, 1.82) is 0 Å². The van der Waals surface area contributed by atoms with E-state index in [0.717, 1.165) is 4.47 Å². The Bertz CT molecular complexity index is 332. The summed E-state index contributed by atoms with van der Waals surface area (Å²) in [5.41, 5.74) is 0.389. The number of nitrogens with one attached hydrogen (secondary N) is 1. The second-order valence-electron chi connectivity index (χ2n) is 2.92. The summed E-state index contributed by atoms with van der Waals surface area (Å²) in [5.74, 6) is 0.254. The predicted octanol–water partition coefficient (Wildman–Crippen LogP) is 1.83. The number of amides is 1. The smallest absolute Gasteiger partial charge is 0.269 e. The summed E-state index contributed by atoms with van der Waals surface area (Å²) in [5, 5.41) is 2.69. The first-order valence-corrected chi connectivity index (χ1v) is 6.10. The molecule has 0 aromatic carbocycles. The van der Waals surface area contributed by atoms with Gasteiger partial charge in [0.05, 0.1) is 13.2 Å². The molecule has 0 saturated heterocycles. The van der Waals surface area contributed by atoms with Crippen molar-refractivity contribution in [2.24, 2.45) is 0 Å². The van der Waals surface area contributed by atoms with Gasteiger partial charge in [-0.05, 0) is 28.1 Å². The average molecular weight is 308 g/mol. The van der Waals surface area contributed by atoms with Crippen LogP contribution in [0.25, 0.3) is 0 Å². The van der Waals surface area contributed by atoms with Crippen LogP contribution in [0.15, 0.2) is 22.8 Å². The van der Waals surface area contributed by atoms with E-state index < -0.39 is 0 Å². The van der Waals surface area contributed by atoms with E-state index in [0.29, 0.717) is 31.3 Å². The van der Waals surface area contributed by atoms with E-state index in [2.05, 4.69) is 26.2 Å². The Balaban J connectivity index is 2.27. The molecule has 0 bridgehead atoms. The summed E-state index contributed by atoms with van der Waals surface area (Å²) in [6.45, 7) is 1.40. The van der Waals surface area contributed by atoms with Crippen molar-refractivity contribution >= 4 is 33.4 Å². The van der Waals surface area contributed by atoms with Crippen LogP contribution in [0.3, 0.4) is 0 Å². The zero-order valence-corrected chi connectivity index (χ0v) is 10.9. The minimum absolute atomic E-state index is 0.207. The summed E-state index contributed by atoms with van der Waals surface area (Å²) in [6, 6.07) is 3.42. The normalized spacial score (nSPS) is 10.1. The first kappa shape index (κ1) is 13.4. The molecular formula is C10H12BrClN2O2. The van der Waals surface area contributed by atoms with Gasteiger partial charge in [0.15, 0.2) is 0 Å². The first-order valence-electron chi connectivity index (χ1n) is 4.77. The van der Waals surface area contributed by atoms with Gasteiger partial charge in [-0.15, -0.1) is 11.6 Å². The molecule has 4 nitrogen and oxygen atoms in total. The van der Waals surface area contributed by atoms with E-state index in [1.165, 1.54) is 0 Å². The fourth-order valence-corrected chi connectivity index (χ4v) is 1.34. The highest BCUT2D eigenvalue weighted by Gasteiger charge is 2.05. The predicted molar refractivity (Wildman–Crippen MR) is 65.8 cm³/mol. The molecule has 0 unspecified atom stereocenters. The van der Waals surface area contributed by atoms with Crippen LogP contribution in [0.2, 0.25) is 0 Å². The summed E-state index contributed by atoms with van der Waals surface area (Å²) < 4.78 is 5.96. The Morgan fingerprint density at radius 2 is 2.31 bits per heavy atom. The summed E-state index contributed by atoms with van der Waals surface area (Å²) in [7, 11) is 0. The molecule has 0 aliphatic carbocycles. The average Bonchev–Trinajstić information content (AvgIpc) is 2.29. The third-order valence-electron chi connectivity index (χ3n) is 1.71. The van der Waals surface area contributed by atoms with E-state index in [9.17, 15) is 4.79 Å². The van der Waals surface area contributed by atoms with Crippen molar-refractivity contribution in [1.82, 2.24) is 10.3 Å². The van der Waals surface area contributed by atoms with Crippen molar-refractivity contribution in [3.8, 4) is 0 Å². The van der Waals surface area contributed by atoms with E-state index >= 15 is 0 Å². The number of carbonyl (C=O) groups excluding carboxylic acids is 1. The monoisotopic (exact) mass is 306 g/mol. The SMILES string of the molecule is O=C(NCCOCCCl)c1ccc(Br)cn1. The van der Waals surface area contributed by atoms with Gasteiger partial charge in [0.2, 0.25) is 0 Å². The molecule has 0 aliphatic heterocycles. The van der Waals surface area contributed by atoms with E-state index in [1.54, 1.807) is 18.3 Å². The van der Waals surface area contributed by atoms with E-state index in [1.807, 2.05) is 0 Å². The fraction of sp³-hybridized carbons (Fsp3) is 0.400. The highest BCUT2D eigenvalue weighted by molar-refractivity contribution is 9.10. The Hall–Kier alpha value is -0.650. The number of halogens is 2. The minimum Gasteiger partial charge on any atom is -0.378 e. The van der Waals surface area contributed by atoms with Crippen molar-refractivity contribution in [3.63, 3.8) is 0 Å². The van der Waals surface area contributed by atoms with Crippen LogP contribution in [0.1, 0.15) is 10.5 Å². The Morgan fingerprint density at radius 3 is 2.94 bits per heavy atom. The molecule has 16 heavy (non-hydrogen) atoms. The standard InChI is InChI=1S/C10H12BrClN2O2/c11-8-1-2-9(14-7-8)10(15)13-4-6-16-5-3-12/h1-2,7H,3-6H2,(H,13,15). The highest BCUT2D eigenvalue weighted by Crippen LogP contribution is 2.06. The molecule has 0 fully saturated rings. The van der Waals surface area contributed by atoms with Crippen LogP contribution in [0.5, 0.6) is 0 Å². The maximum absolute atomic E-state index is 11.5. The number of nitrogens with zero attached hydrogens (tertiary/aromatic N) is 1. The quantitative estimate of drug-likeness (QED) is 0.644. The number of hydrogen-bond acceptors (Lipinski definition) is 3. The molecular weight excluding hydrogens is 295 g/mol. The number of ether oxygens (including phenoxy) is 1. The second-order valence-corrected chi connectivity index (χ2v) is 4.21. The van der Waals surface area contributed by atoms with Gasteiger partial charge in [0.25, 0.3) is 5.91 Å². The summed E-state index contributed by atoms with van der Waals surface area (Å²) >= 11 is 8.68. The molecule has 1 aromatic rings. The Labute approximate surface area is 107 Å². The van der Waals surface area contributed by atoms with Gasteiger partial charge in [-0.2, -0.15) is 0 Å². The molecule has 1 heterocycles. The lowest BCUT2D eigenvalue weighted by molar-refractivity contribution is 0.0918. The maximum atomic E-state index is 11.5. The lowest BCUT2D eigenvalue weighted by Crippen LogP contribution is -2.28. The molecule has 0 spiro atoms. The first-order chi connectivity index (χ1) is 7.74. The van der Waals surface area contributed by atoms with Gasteiger partial charge in [-0.3, -0.25) is 4.79 Å². The van der Waals surface area contributed by atoms with Gasteiger partial charge in [0, 0.05) is 23.1 Å². The van der Waals surface area contributed by atoms with Crippen LogP contribution in [0.4, 0.5) is 0 Å². The van der Waals surface area contributed by atoms with Gasteiger partial charge in [0.1, 0.15) is 5.69 Å². The Kier molecular flexibility index (Phi) is 6.37. The molecule has 0 atom stereocenters. The zero-order chi connectivity index (χ0) is 11.8. The van der Waals surface area contributed by atoms with Crippen LogP contribution in [0, 0.1) is 0 Å². The molecule has 1 aromatic heterocycles. The van der Waals surface area contributed by atoms with E-state index in [-0.39, 0.29) is 5.91 Å². The summed E-state index contributed by atoms with van der Waals surface area (Å²) in [4.78, 5) is 15.5. The highest BCUT2D eigenvalue weighted by atomic mass is 79.9. The number of aromatic nitrogens is 1. The van der Waals surface area contributed by atoms with Crippen LogP contribution >= 0.6 is 27.5 Å². The lowest BCUT2D eigenvalue weighted by atomic mass is 10.3. The van der Waals surface area contributed by atoms with Crippen LogP contribution in [-0.4, -0.2) is 36.5 Å².